The summed E-state index contributed by atoms with van der Waals surface area (Å²) in [6.07, 6.45) is 1.02. The van der Waals surface area contributed by atoms with Crippen molar-refractivity contribution >= 4 is 28.4 Å². The van der Waals surface area contributed by atoms with Gasteiger partial charge in [-0.3, -0.25) is 4.21 Å². The quantitative estimate of drug-likeness (QED) is 0.654. The van der Waals surface area contributed by atoms with Crippen LogP contribution in [0, 0.1) is 0 Å². The lowest BCUT2D eigenvalue weighted by Crippen LogP contribution is -2.14. The van der Waals surface area contributed by atoms with Crippen LogP contribution in [0.3, 0.4) is 0 Å². The molecule has 0 saturated carbocycles. The second kappa shape index (κ2) is 7.86. The van der Waals surface area contributed by atoms with Crippen LogP contribution >= 0.6 is 0 Å². The molecule has 1 unspecified atom stereocenters. The summed E-state index contributed by atoms with van der Waals surface area (Å²) in [4.78, 5) is 8.17. The molecule has 0 aromatic carbocycles. The van der Waals surface area contributed by atoms with Gasteiger partial charge in [0.2, 0.25) is 5.95 Å². The zero-order chi connectivity index (χ0) is 13.4. The SMILES string of the molecule is CCCNc1cc(NCCS(=O)CC)nc(N)n1. The number of hydrogen-bond acceptors (Lipinski definition) is 6. The van der Waals surface area contributed by atoms with Gasteiger partial charge in [-0.25, -0.2) is 0 Å². The number of aromatic nitrogens is 2. The third-order valence-electron chi connectivity index (χ3n) is 2.26. The molecule has 0 aliphatic heterocycles. The molecule has 102 valence electrons. The van der Waals surface area contributed by atoms with Crippen LogP contribution in [0.25, 0.3) is 0 Å². The Labute approximate surface area is 110 Å². The molecule has 0 saturated heterocycles. The second-order valence-electron chi connectivity index (χ2n) is 3.78. The van der Waals surface area contributed by atoms with Gasteiger partial charge in [0.1, 0.15) is 11.6 Å². The number of anilines is 3. The van der Waals surface area contributed by atoms with Gasteiger partial charge in [0.05, 0.1) is 0 Å². The van der Waals surface area contributed by atoms with Crippen molar-refractivity contribution < 1.29 is 4.21 Å². The first-order chi connectivity index (χ1) is 8.65. The lowest BCUT2D eigenvalue weighted by molar-refractivity contribution is 0.684. The van der Waals surface area contributed by atoms with Gasteiger partial charge in [-0.2, -0.15) is 9.97 Å². The Balaban J connectivity index is 2.54. The van der Waals surface area contributed by atoms with E-state index < -0.39 is 10.8 Å². The van der Waals surface area contributed by atoms with E-state index in [1.165, 1.54) is 0 Å². The van der Waals surface area contributed by atoms with Crippen molar-refractivity contribution in [2.24, 2.45) is 0 Å². The number of nitrogens with one attached hydrogen (secondary N) is 2. The topological polar surface area (TPSA) is 92.9 Å². The molecule has 0 amide bonds. The zero-order valence-corrected chi connectivity index (χ0v) is 11.7. The average Bonchev–Trinajstić information content (AvgIpc) is 2.35. The Morgan fingerprint density at radius 3 is 2.39 bits per heavy atom. The predicted octanol–water partition coefficient (Wildman–Crippen LogP) is 1.06. The third-order valence-corrected chi connectivity index (χ3v) is 3.56. The standard InChI is InChI=1S/C11H21N5OS/c1-3-5-13-9-8-10(16-11(12)15-9)14-6-7-18(17)4-2/h8H,3-7H2,1-2H3,(H4,12,13,14,15,16). The van der Waals surface area contributed by atoms with Gasteiger partial charge in [0, 0.05) is 41.5 Å². The first-order valence-electron chi connectivity index (χ1n) is 6.13. The number of nitrogens with two attached hydrogens (primary N) is 1. The Hall–Kier alpha value is -1.37. The molecular formula is C11H21N5OS. The largest absolute Gasteiger partial charge is 0.370 e. The highest BCUT2D eigenvalue weighted by Gasteiger charge is 2.02. The Kier molecular flexibility index (Phi) is 6.42. The van der Waals surface area contributed by atoms with Crippen LogP contribution < -0.4 is 16.4 Å². The smallest absolute Gasteiger partial charge is 0.223 e. The van der Waals surface area contributed by atoms with E-state index in [1.807, 2.05) is 6.92 Å². The van der Waals surface area contributed by atoms with Crippen LogP contribution in [0.4, 0.5) is 17.6 Å². The summed E-state index contributed by atoms with van der Waals surface area (Å²) in [5.74, 6) is 2.89. The maximum absolute atomic E-state index is 11.3. The molecule has 0 spiro atoms. The lowest BCUT2D eigenvalue weighted by atomic mass is 10.4. The van der Waals surface area contributed by atoms with Gasteiger partial charge in [0.15, 0.2) is 0 Å². The molecule has 1 rings (SSSR count). The zero-order valence-electron chi connectivity index (χ0n) is 10.9. The fourth-order valence-electron chi connectivity index (χ4n) is 1.34. The van der Waals surface area contributed by atoms with Gasteiger partial charge in [-0.05, 0) is 6.42 Å². The second-order valence-corrected chi connectivity index (χ2v) is 5.65. The van der Waals surface area contributed by atoms with Crippen LogP contribution in [0.5, 0.6) is 0 Å². The molecule has 1 aromatic heterocycles. The lowest BCUT2D eigenvalue weighted by Gasteiger charge is -2.09. The van der Waals surface area contributed by atoms with Crippen molar-refractivity contribution in [3.05, 3.63) is 6.07 Å². The molecule has 18 heavy (non-hydrogen) atoms. The summed E-state index contributed by atoms with van der Waals surface area (Å²) in [6, 6.07) is 1.81. The predicted molar refractivity (Wildman–Crippen MR) is 77.3 cm³/mol. The first kappa shape index (κ1) is 14.7. The van der Waals surface area contributed by atoms with E-state index >= 15 is 0 Å². The average molecular weight is 271 g/mol. The molecule has 6 nitrogen and oxygen atoms in total. The first-order valence-corrected chi connectivity index (χ1v) is 7.61. The monoisotopic (exact) mass is 271 g/mol. The molecule has 1 atom stereocenters. The van der Waals surface area contributed by atoms with Crippen molar-refractivity contribution in [2.75, 3.05) is 41.0 Å². The third kappa shape index (κ3) is 5.31. The van der Waals surface area contributed by atoms with Crippen LogP contribution in [0.15, 0.2) is 6.07 Å². The minimum Gasteiger partial charge on any atom is -0.370 e. The van der Waals surface area contributed by atoms with E-state index in [4.69, 9.17) is 5.73 Å². The summed E-state index contributed by atoms with van der Waals surface area (Å²) in [5.41, 5.74) is 5.63. The van der Waals surface area contributed by atoms with E-state index in [9.17, 15) is 4.21 Å². The van der Waals surface area contributed by atoms with Crippen molar-refractivity contribution in [1.82, 2.24) is 9.97 Å². The molecule has 0 bridgehead atoms. The van der Waals surface area contributed by atoms with Crippen LogP contribution in [0.2, 0.25) is 0 Å². The van der Waals surface area contributed by atoms with E-state index in [2.05, 4.69) is 27.5 Å². The number of hydrogen-bond donors (Lipinski definition) is 3. The molecule has 0 aliphatic rings. The van der Waals surface area contributed by atoms with Gasteiger partial charge >= 0.3 is 0 Å². The van der Waals surface area contributed by atoms with Gasteiger partial charge < -0.3 is 16.4 Å². The van der Waals surface area contributed by atoms with E-state index in [0.29, 0.717) is 29.7 Å². The molecule has 1 aromatic rings. The van der Waals surface area contributed by atoms with Crippen molar-refractivity contribution in [3.63, 3.8) is 0 Å². The highest BCUT2D eigenvalue weighted by atomic mass is 32.2. The van der Waals surface area contributed by atoms with Crippen LogP contribution in [-0.4, -0.2) is 38.8 Å². The van der Waals surface area contributed by atoms with Gasteiger partial charge in [-0.15, -0.1) is 0 Å². The Morgan fingerprint density at radius 1 is 1.22 bits per heavy atom. The summed E-state index contributed by atoms with van der Waals surface area (Å²) in [6.45, 7) is 5.45. The molecule has 7 heteroatoms. The Bertz CT molecular complexity index is 399. The maximum Gasteiger partial charge on any atom is 0.223 e. The maximum atomic E-state index is 11.3. The molecule has 4 N–H and O–H groups in total. The van der Waals surface area contributed by atoms with Crippen molar-refractivity contribution in [1.29, 1.82) is 0 Å². The summed E-state index contributed by atoms with van der Waals surface area (Å²) >= 11 is 0. The minimum absolute atomic E-state index is 0.232. The summed E-state index contributed by atoms with van der Waals surface area (Å²) in [5, 5.41) is 6.26. The highest BCUT2D eigenvalue weighted by molar-refractivity contribution is 7.84. The molecule has 0 aliphatic carbocycles. The van der Waals surface area contributed by atoms with Crippen LogP contribution in [0.1, 0.15) is 20.3 Å². The van der Waals surface area contributed by atoms with E-state index in [-0.39, 0.29) is 5.95 Å². The van der Waals surface area contributed by atoms with Crippen molar-refractivity contribution in [2.45, 2.75) is 20.3 Å². The van der Waals surface area contributed by atoms with E-state index in [0.717, 1.165) is 13.0 Å². The summed E-state index contributed by atoms with van der Waals surface area (Å²) < 4.78 is 11.3. The number of nitrogens with zero attached hydrogens (tertiary/aromatic N) is 2. The molecule has 1 heterocycles. The fraction of sp³-hybridized carbons (Fsp3) is 0.636. The normalized spacial score (nSPS) is 12.1. The Morgan fingerprint density at radius 2 is 1.83 bits per heavy atom. The number of rotatable bonds is 8. The molecule has 0 fully saturated rings. The fourth-order valence-corrected chi connectivity index (χ4v) is 1.96. The number of nitrogen functional groups attached to an aromatic ring is 1. The van der Waals surface area contributed by atoms with Gasteiger partial charge in [-0.1, -0.05) is 13.8 Å². The summed E-state index contributed by atoms with van der Waals surface area (Å²) in [7, 11) is -0.769. The molecular weight excluding hydrogens is 250 g/mol. The molecule has 0 radical (unpaired) electrons. The van der Waals surface area contributed by atoms with Crippen molar-refractivity contribution in [3.8, 4) is 0 Å². The van der Waals surface area contributed by atoms with E-state index in [1.54, 1.807) is 6.07 Å². The van der Waals surface area contributed by atoms with Crippen LogP contribution in [-0.2, 0) is 10.8 Å². The minimum atomic E-state index is -0.769. The highest BCUT2D eigenvalue weighted by Crippen LogP contribution is 2.12. The van der Waals surface area contributed by atoms with Gasteiger partial charge in [0.25, 0.3) is 0 Å².